The van der Waals surface area contributed by atoms with Crippen molar-refractivity contribution in [1.29, 1.82) is 0 Å². The van der Waals surface area contributed by atoms with Gasteiger partial charge in [-0.15, -0.1) is 0 Å². The number of methoxy groups -OCH3 is 1. The monoisotopic (exact) mass is 361 g/mol. The number of nitrogens with one attached hydrogen (secondary N) is 1. The van der Waals surface area contributed by atoms with Crippen LogP contribution < -0.4 is 5.32 Å². The predicted octanol–water partition coefficient (Wildman–Crippen LogP) is 3.55. The first-order chi connectivity index (χ1) is 12.4. The highest BCUT2D eigenvalue weighted by Gasteiger charge is 2.44. The molecule has 1 saturated carbocycles. The molecule has 1 aliphatic carbocycles. The van der Waals surface area contributed by atoms with E-state index < -0.39 is 17.6 Å². The molecular weight excluding hydrogens is 344 g/mol. The summed E-state index contributed by atoms with van der Waals surface area (Å²) in [4.78, 5) is 23.6. The fourth-order valence-corrected chi connectivity index (χ4v) is 2.97. The fraction of sp³-hybridized carbons (Fsp3) is 0.263. The van der Waals surface area contributed by atoms with Gasteiger partial charge in [0.15, 0.2) is 11.6 Å². The van der Waals surface area contributed by atoms with Gasteiger partial charge in [0, 0.05) is 18.7 Å². The smallest absolute Gasteiger partial charge is 0.335 e. The average molecular weight is 361 g/mol. The zero-order valence-electron chi connectivity index (χ0n) is 14.0. The normalized spacial score (nSPS) is 18.4. The molecule has 2 unspecified atom stereocenters. The summed E-state index contributed by atoms with van der Waals surface area (Å²) >= 11 is 0. The quantitative estimate of drug-likeness (QED) is 0.825. The van der Waals surface area contributed by atoms with E-state index in [0.717, 1.165) is 12.1 Å². The third-order valence-corrected chi connectivity index (χ3v) is 4.32. The Balaban J connectivity index is 1.72. The van der Waals surface area contributed by atoms with Crippen molar-refractivity contribution in [1.82, 2.24) is 0 Å². The second-order valence-electron chi connectivity index (χ2n) is 6.27. The van der Waals surface area contributed by atoms with Crippen LogP contribution in [0.2, 0.25) is 0 Å². The molecule has 3 rings (SSSR count). The van der Waals surface area contributed by atoms with E-state index in [4.69, 9.17) is 4.74 Å². The molecule has 136 valence electrons. The number of rotatable bonds is 6. The van der Waals surface area contributed by atoms with Gasteiger partial charge in [0.05, 0.1) is 12.2 Å². The number of carbonyl (C=O) groups is 2. The molecule has 7 heteroatoms. The van der Waals surface area contributed by atoms with E-state index in [1.54, 1.807) is 6.07 Å². The Labute approximate surface area is 148 Å². The van der Waals surface area contributed by atoms with Crippen molar-refractivity contribution in [3.63, 3.8) is 0 Å². The minimum atomic E-state index is -1.11. The van der Waals surface area contributed by atoms with Crippen molar-refractivity contribution in [3.8, 4) is 0 Å². The maximum Gasteiger partial charge on any atom is 0.335 e. The van der Waals surface area contributed by atoms with Gasteiger partial charge in [-0.05, 0) is 53.8 Å². The SMILES string of the molecule is COCc1cc(NC(=O)C2CC2c2ccc(F)c(F)c2)cc(C(=O)O)c1. The van der Waals surface area contributed by atoms with E-state index >= 15 is 0 Å². The van der Waals surface area contributed by atoms with Crippen molar-refractivity contribution in [2.75, 3.05) is 12.4 Å². The Morgan fingerprint density at radius 2 is 1.96 bits per heavy atom. The molecule has 0 aromatic heterocycles. The number of aromatic carboxylic acids is 1. The van der Waals surface area contributed by atoms with Crippen molar-refractivity contribution in [3.05, 3.63) is 64.7 Å². The number of carboxylic acid groups (broad SMARTS) is 1. The zero-order chi connectivity index (χ0) is 18.8. The molecule has 2 aromatic carbocycles. The Kier molecular flexibility index (Phi) is 4.99. The second-order valence-corrected chi connectivity index (χ2v) is 6.27. The lowest BCUT2D eigenvalue weighted by Crippen LogP contribution is -2.15. The van der Waals surface area contributed by atoms with Crippen LogP contribution in [-0.4, -0.2) is 24.1 Å². The predicted molar refractivity (Wildman–Crippen MR) is 90.0 cm³/mol. The molecule has 1 aliphatic rings. The van der Waals surface area contributed by atoms with Crippen molar-refractivity contribution >= 4 is 17.6 Å². The number of amides is 1. The molecule has 0 saturated heterocycles. The van der Waals surface area contributed by atoms with Gasteiger partial charge >= 0.3 is 5.97 Å². The van der Waals surface area contributed by atoms with Gasteiger partial charge in [0.25, 0.3) is 0 Å². The number of benzene rings is 2. The summed E-state index contributed by atoms with van der Waals surface area (Å²) in [5, 5.41) is 11.9. The molecule has 0 spiro atoms. The Bertz CT molecular complexity index is 869. The molecule has 26 heavy (non-hydrogen) atoms. The summed E-state index contributed by atoms with van der Waals surface area (Å²) in [6, 6.07) is 8.11. The van der Waals surface area contributed by atoms with Gasteiger partial charge in [-0.1, -0.05) is 6.07 Å². The van der Waals surface area contributed by atoms with Crippen LogP contribution in [0.1, 0.15) is 33.8 Å². The Morgan fingerprint density at radius 3 is 2.62 bits per heavy atom. The molecule has 0 heterocycles. The number of anilines is 1. The number of halogens is 2. The van der Waals surface area contributed by atoms with E-state index in [-0.39, 0.29) is 29.9 Å². The summed E-state index contributed by atoms with van der Waals surface area (Å²) in [5.41, 5.74) is 1.60. The summed E-state index contributed by atoms with van der Waals surface area (Å²) in [5.74, 6) is -3.79. The summed E-state index contributed by atoms with van der Waals surface area (Å²) < 4.78 is 31.4. The minimum absolute atomic E-state index is 0.0443. The van der Waals surface area contributed by atoms with E-state index in [9.17, 15) is 23.5 Å². The van der Waals surface area contributed by atoms with Crippen LogP contribution in [0, 0.1) is 17.6 Å². The van der Waals surface area contributed by atoms with Crippen LogP contribution in [0.25, 0.3) is 0 Å². The minimum Gasteiger partial charge on any atom is -0.478 e. The van der Waals surface area contributed by atoms with Crippen LogP contribution in [0.3, 0.4) is 0 Å². The summed E-state index contributed by atoms with van der Waals surface area (Å²) in [6.45, 7) is 0.213. The lowest BCUT2D eigenvalue weighted by atomic mass is 10.1. The van der Waals surface area contributed by atoms with Crippen molar-refractivity contribution in [2.45, 2.75) is 18.9 Å². The van der Waals surface area contributed by atoms with E-state index in [0.29, 0.717) is 23.2 Å². The number of ether oxygens (including phenoxy) is 1. The molecule has 5 nitrogen and oxygen atoms in total. The molecule has 0 aliphatic heterocycles. The highest BCUT2D eigenvalue weighted by molar-refractivity contribution is 5.97. The standard InChI is InChI=1S/C19H17F2NO4/c1-26-9-10-4-12(19(24)25)6-13(5-10)22-18(23)15-8-14(15)11-2-3-16(20)17(21)7-11/h2-7,14-15H,8-9H2,1H3,(H,22,23)(H,24,25). The van der Waals surface area contributed by atoms with Crippen LogP contribution in [0.15, 0.2) is 36.4 Å². The first-order valence-electron chi connectivity index (χ1n) is 8.01. The number of hydrogen-bond acceptors (Lipinski definition) is 3. The van der Waals surface area contributed by atoms with Gasteiger partial charge in [-0.2, -0.15) is 0 Å². The van der Waals surface area contributed by atoms with Gasteiger partial charge in [0.1, 0.15) is 0 Å². The first-order valence-corrected chi connectivity index (χ1v) is 8.01. The second kappa shape index (κ2) is 7.21. The molecule has 2 N–H and O–H groups in total. The van der Waals surface area contributed by atoms with E-state index in [2.05, 4.69) is 5.32 Å². The Hall–Kier alpha value is -2.80. The van der Waals surface area contributed by atoms with Crippen LogP contribution in [0.4, 0.5) is 14.5 Å². The lowest BCUT2D eigenvalue weighted by Gasteiger charge is -2.09. The molecule has 1 fully saturated rings. The van der Waals surface area contributed by atoms with Gasteiger partial charge < -0.3 is 15.2 Å². The molecular formula is C19H17F2NO4. The zero-order valence-corrected chi connectivity index (χ0v) is 14.0. The summed E-state index contributed by atoms with van der Waals surface area (Å²) in [6.07, 6.45) is 0.528. The lowest BCUT2D eigenvalue weighted by molar-refractivity contribution is -0.117. The first kappa shape index (κ1) is 18.0. The van der Waals surface area contributed by atoms with E-state index in [1.165, 1.54) is 25.3 Å². The Morgan fingerprint density at radius 1 is 1.19 bits per heavy atom. The van der Waals surface area contributed by atoms with Crippen LogP contribution >= 0.6 is 0 Å². The van der Waals surface area contributed by atoms with Crippen molar-refractivity contribution < 1.29 is 28.2 Å². The molecule has 2 atom stereocenters. The molecule has 2 aromatic rings. The van der Waals surface area contributed by atoms with Crippen molar-refractivity contribution in [2.24, 2.45) is 5.92 Å². The van der Waals surface area contributed by atoms with E-state index in [1.807, 2.05) is 0 Å². The van der Waals surface area contributed by atoms with Crippen LogP contribution in [0.5, 0.6) is 0 Å². The third-order valence-electron chi connectivity index (χ3n) is 4.32. The fourth-order valence-electron chi connectivity index (χ4n) is 2.97. The van der Waals surface area contributed by atoms with Gasteiger partial charge in [-0.25, -0.2) is 13.6 Å². The maximum atomic E-state index is 13.3. The highest BCUT2D eigenvalue weighted by Crippen LogP contribution is 2.48. The third kappa shape index (κ3) is 3.88. The molecule has 0 bridgehead atoms. The largest absolute Gasteiger partial charge is 0.478 e. The number of hydrogen-bond donors (Lipinski definition) is 2. The topological polar surface area (TPSA) is 75.6 Å². The average Bonchev–Trinajstić information content (AvgIpc) is 3.38. The summed E-state index contributed by atoms with van der Waals surface area (Å²) in [7, 11) is 1.49. The molecule has 1 amide bonds. The van der Waals surface area contributed by atoms with Crippen LogP contribution in [-0.2, 0) is 16.1 Å². The maximum absolute atomic E-state index is 13.3. The van der Waals surface area contributed by atoms with Gasteiger partial charge in [0.2, 0.25) is 5.91 Å². The number of carboxylic acids is 1. The number of carbonyl (C=O) groups excluding carboxylic acids is 1. The molecule has 0 radical (unpaired) electrons. The van der Waals surface area contributed by atoms with Gasteiger partial charge in [-0.3, -0.25) is 4.79 Å². The highest BCUT2D eigenvalue weighted by atomic mass is 19.2.